The fourth-order valence-electron chi connectivity index (χ4n) is 6.28. The molecule has 48 heavy (non-hydrogen) atoms. The number of hydrogen-bond donors (Lipinski definition) is 1. The van der Waals surface area contributed by atoms with Gasteiger partial charge in [0.1, 0.15) is 12.1 Å². The molecule has 0 unspecified atom stereocenters. The van der Waals surface area contributed by atoms with Crippen LogP contribution in [0.1, 0.15) is 55.3 Å². The minimum Gasteiger partial charge on any atom is -0.340 e. The number of rotatable bonds is 10. The number of para-hydroxylation sites is 1. The number of fused-ring (bicyclic) bond motifs is 2. The summed E-state index contributed by atoms with van der Waals surface area (Å²) in [6, 6.07) is 12.0. The molecule has 0 radical (unpaired) electrons. The average molecular weight is 705 g/mol. The summed E-state index contributed by atoms with van der Waals surface area (Å²) in [4.78, 5) is 58.8. The van der Waals surface area contributed by atoms with Crippen LogP contribution in [0.2, 0.25) is 0 Å². The van der Waals surface area contributed by atoms with Crippen LogP contribution in [0.15, 0.2) is 54.6 Å². The molecule has 3 heterocycles. The highest BCUT2D eigenvalue weighted by Crippen LogP contribution is 2.67. The van der Waals surface area contributed by atoms with Gasteiger partial charge >= 0.3 is 13.3 Å². The lowest BCUT2D eigenvalue weighted by Gasteiger charge is -2.39. The Morgan fingerprint density at radius 2 is 1.73 bits per heavy atom. The Bertz CT molecular complexity index is 1730. The van der Waals surface area contributed by atoms with Crippen LogP contribution in [0.5, 0.6) is 0 Å². The van der Waals surface area contributed by atoms with Gasteiger partial charge in [0.25, 0.3) is 5.91 Å². The molecular formula is C33H39F2N4O7PS. The first kappa shape index (κ1) is 35.6. The van der Waals surface area contributed by atoms with Gasteiger partial charge in [-0.25, -0.2) is 0 Å². The molecule has 2 aliphatic heterocycles. The smallest absolute Gasteiger partial charge is 0.340 e. The standard InChI is InChI=1S/C33H39F2N4O7PS/c1-5-45-47(44,46-6-2)33(34,35)23-12-15-28-22(18-23)19-29(48-28)30(41)36-26-20-38(21(3)40)17-16-25-13-14-27(39(25)31(26)42)32(43)37(4)24-10-8-7-9-11-24/h7-12,15,18-19,25-27H,5-6,13-14,16-17,20H2,1-4H3,(H,36,41)/t25-,26+,27+/m1/s1. The molecule has 0 saturated carbocycles. The van der Waals surface area contributed by atoms with Crippen LogP contribution in [0.3, 0.4) is 0 Å². The molecule has 1 aromatic heterocycles. The predicted molar refractivity (Wildman–Crippen MR) is 178 cm³/mol. The number of likely N-dealkylation sites (N-methyl/N-ethyl adjacent to an activating group) is 1. The van der Waals surface area contributed by atoms with Gasteiger partial charge < -0.3 is 29.1 Å². The fourth-order valence-corrected chi connectivity index (χ4v) is 8.76. The molecule has 2 fully saturated rings. The largest absolute Gasteiger partial charge is 0.404 e. The zero-order chi connectivity index (χ0) is 34.8. The van der Waals surface area contributed by atoms with E-state index in [9.17, 15) is 23.7 Å². The summed E-state index contributed by atoms with van der Waals surface area (Å²) >= 11 is 1.03. The molecule has 3 aromatic rings. The van der Waals surface area contributed by atoms with Gasteiger partial charge in [-0.3, -0.25) is 23.7 Å². The number of carbonyl (C=O) groups excluding carboxylic acids is 4. The lowest BCUT2D eigenvalue weighted by molar-refractivity contribution is -0.144. The van der Waals surface area contributed by atoms with Gasteiger partial charge in [-0.05, 0) is 68.8 Å². The summed E-state index contributed by atoms with van der Waals surface area (Å²) in [5, 5.41) is 3.06. The lowest BCUT2D eigenvalue weighted by atomic mass is 10.1. The number of amides is 4. The summed E-state index contributed by atoms with van der Waals surface area (Å²) in [5.74, 6) is -1.61. The van der Waals surface area contributed by atoms with E-state index in [-0.39, 0.29) is 42.5 Å². The number of halogens is 2. The van der Waals surface area contributed by atoms with Gasteiger partial charge in [-0.15, -0.1) is 11.3 Å². The minimum absolute atomic E-state index is 0.0933. The Labute approximate surface area is 281 Å². The van der Waals surface area contributed by atoms with Crippen molar-refractivity contribution in [3.8, 4) is 0 Å². The van der Waals surface area contributed by atoms with Crippen molar-refractivity contribution in [3.63, 3.8) is 0 Å². The van der Waals surface area contributed by atoms with E-state index >= 15 is 8.78 Å². The number of benzene rings is 2. The highest BCUT2D eigenvalue weighted by molar-refractivity contribution is 7.54. The van der Waals surface area contributed by atoms with Crippen molar-refractivity contribution >= 4 is 58.3 Å². The minimum atomic E-state index is -4.84. The predicted octanol–water partition coefficient (Wildman–Crippen LogP) is 5.59. The van der Waals surface area contributed by atoms with Gasteiger partial charge in [0, 0.05) is 49.1 Å². The zero-order valence-corrected chi connectivity index (χ0v) is 28.9. The Morgan fingerprint density at radius 1 is 1.04 bits per heavy atom. The molecule has 0 bridgehead atoms. The molecule has 0 spiro atoms. The van der Waals surface area contributed by atoms with Crippen LogP contribution in [0, 0.1) is 0 Å². The van der Waals surface area contributed by atoms with E-state index in [0.717, 1.165) is 23.5 Å². The van der Waals surface area contributed by atoms with Gasteiger partial charge in [0.2, 0.25) is 17.7 Å². The van der Waals surface area contributed by atoms with Crippen molar-refractivity contribution in [2.24, 2.45) is 0 Å². The van der Waals surface area contributed by atoms with Crippen LogP contribution < -0.4 is 10.2 Å². The normalized spacial score (nSPS) is 20.3. The maximum Gasteiger partial charge on any atom is 0.404 e. The monoisotopic (exact) mass is 704 g/mol. The average Bonchev–Trinajstić information content (AvgIpc) is 3.69. The van der Waals surface area contributed by atoms with E-state index in [1.807, 2.05) is 18.2 Å². The molecule has 3 atom stereocenters. The summed E-state index contributed by atoms with van der Waals surface area (Å²) < 4.78 is 54.2. The molecule has 5 rings (SSSR count). The van der Waals surface area contributed by atoms with Crippen LogP contribution in [0.4, 0.5) is 14.5 Å². The molecule has 11 nitrogen and oxygen atoms in total. The van der Waals surface area contributed by atoms with Crippen molar-refractivity contribution < 1.29 is 41.6 Å². The van der Waals surface area contributed by atoms with Gasteiger partial charge in [0.05, 0.1) is 18.1 Å². The first-order valence-corrected chi connectivity index (χ1v) is 18.2. The van der Waals surface area contributed by atoms with Crippen molar-refractivity contribution in [2.45, 2.75) is 63.8 Å². The second-order valence-corrected chi connectivity index (χ2v) is 14.9. The third-order valence-corrected chi connectivity index (χ3v) is 12.0. The molecule has 15 heteroatoms. The van der Waals surface area contributed by atoms with Crippen LogP contribution in [-0.4, -0.2) is 84.9 Å². The zero-order valence-electron chi connectivity index (χ0n) is 27.2. The molecule has 0 aliphatic carbocycles. The molecule has 2 aromatic carbocycles. The fraction of sp³-hybridized carbons (Fsp3) is 0.455. The highest BCUT2D eigenvalue weighted by Gasteiger charge is 2.55. The van der Waals surface area contributed by atoms with Crippen molar-refractivity contribution in [2.75, 3.05) is 38.3 Å². The quantitative estimate of drug-likeness (QED) is 0.273. The van der Waals surface area contributed by atoms with Crippen molar-refractivity contribution in [1.82, 2.24) is 15.1 Å². The lowest BCUT2D eigenvalue weighted by Crippen LogP contribution is -2.61. The van der Waals surface area contributed by atoms with Crippen LogP contribution in [0.25, 0.3) is 10.1 Å². The SMILES string of the molecule is CCOP(=O)(OCC)C(F)(F)c1ccc2sc(C(=O)N[C@H]3CN(C(C)=O)CC[C@H]4CC[C@@H](C(=O)N(C)c5ccccc5)N4C3=O)cc2c1. The summed E-state index contributed by atoms with van der Waals surface area (Å²) in [6.45, 7) is 4.05. The number of hydrogen-bond acceptors (Lipinski definition) is 8. The van der Waals surface area contributed by atoms with E-state index < -0.39 is 42.7 Å². The van der Waals surface area contributed by atoms with Gasteiger partial charge in [-0.1, -0.05) is 24.3 Å². The molecule has 4 amide bonds. The van der Waals surface area contributed by atoms with E-state index in [1.165, 1.54) is 42.7 Å². The number of carbonyl (C=O) groups is 4. The highest BCUT2D eigenvalue weighted by atomic mass is 32.1. The number of nitrogens with zero attached hydrogens (tertiary/aromatic N) is 3. The molecule has 1 N–H and O–H groups in total. The molecule has 2 saturated heterocycles. The number of anilines is 1. The van der Waals surface area contributed by atoms with Gasteiger partial charge in [-0.2, -0.15) is 8.78 Å². The maximum absolute atomic E-state index is 15.4. The van der Waals surface area contributed by atoms with Gasteiger partial charge in [0.15, 0.2) is 0 Å². The molecule has 2 aliphatic rings. The van der Waals surface area contributed by atoms with E-state index in [4.69, 9.17) is 9.05 Å². The van der Waals surface area contributed by atoms with Crippen LogP contribution in [-0.2, 0) is 33.7 Å². The Hall–Kier alpha value is -3.71. The third kappa shape index (κ3) is 6.89. The van der Waals surface area contributed by atoms with E-state index in [2.05, 4.69) is 5.32 Å². The first-order chi connectivity index (χ1) is 22.8. The maximum atomic E-state index is 15.4. The molecule has 258 valence electrons. The number of thiophene rings is 1. The number of nitrogens with one attached hydrogen (secondary N) is 1. The Kier molecular flexibility index (Phi) is 10.7. The number of alkyl halides is 2. The second-order valence-electron chi connectivity index (χ2n) is 11.7. The Morgan fingerprint density at radius 3 is 2.38 bits per heavy atom. The van der Waals surface area contributed by atoms with E-state index in [0.29, 0.717) is 41.6 Å². The topological polar surface area (TPSA) is 126 Å². The summed E-state index contributed by atoms with van der Waals surface area (Å²) in [5.41, 5.74) is -3.86. The first-order valence-electron chi connectivity index (χ1n) is 15.8. The van der Waals surface area contributed by atoms with Crippen molar-refractivity contribution in [3.05, 3.63) is 65.0 Å². The molecular weight excluding hydrogens is 665 g/mol. The van der Waals surface area contributed by atoms with E-state index in [1.54, 1.807) is 24.1 Å². The summed E-state index contributed by atoms with van der Waals surface area (Å²) in [7, 11) is -3.19. The third-order valence-electron chi connectivity index (χ3n) is 8.73. The second kappa shape index (κ2) is 14.4. The van der Waals surface area contributed by atoms with Crippen LogP contribution >= 0.6 is 18.9 Å². The Balaban J connectivity index is 1.41. The summed E-state index contributed by atoms with van der Waals surface area (Å²) in [6.07, 6.45) is 1.50. The van der Waals surface area contributed by atoms with Crippen molar-refractivity contribution in [1.29, 1.82) is 0 Å².